The molecule has 6 rings (SSSR count). The maximum atomic E-state index is 9.89. The number of aromatic nitrogens is 3. The largest absolute Gasteiger partial charge is 0.508 e. The number of rotatable bonds is 1. The number of nitrogens with zero attached hydrogens (tertiary/aromatic N) is 2. The summed E-state index contributed by atoms with van der Waals surface area (Å²) in [6, 6.07) is 10.2. The van der Waals surface area contributed by atoms with Crippen molar-refractivity contribution in [2.24, 2.45) is 11.8 Å². The van der Waals surface area contributed by atoms with Gasteiger partial charge in [-0.05, 0) is 85.3 Å². The molecule has 3 aliphatic rings. The molecule has 0 saturated heterocycles. The van der Waals surface area contributed by atoms with E-state index in [1.807, 2.05) is 30.6 Å². The second kappa shape index (κ2) is 5.69. The quantitative estimate of drug-likeness (QED) is 0.649. The normalized spacial score (nSPS) is 30.2. The minimum absolute atomic E-state index is 0.169. The van der Waals surface area contributed by atoms with E-state index in [0.29, 0.717) is 23.5 Å². The van der Waals surface area contributed by atoms with Crippen molar-refractivity contribution >= 4 is 0 Å². The molecule has 28 heavy (non-hydrogen) atoms. The van der Waals surface area contributed by atoms with Crippen molar-refractivity contribution in [2.45, 2.75) is 50.4 Å². The lowest BCUT2D eigenvalue weighted by atomic mass is 9.55. The molecule has 1 aromatic carbocycles. The number of H-pyrrole nitrogens is 1. The molecule has 0 bridgehead atoms. The van der Waals surface area contributed by atoms with Crippen molar-refractivity contribution in [2.75, 3.05) is 0 Å². The lowest BCUT2D eigenvalue weighted by Gasteiger charge is -2.49. The number of aromatic amines is 1. The summed E-state index contributed by atoms with van der Waals surface area (Å²) in [5, 5.41) is 18.1. The van der Waals surface area contributed by atoms with Crippen LogP contribution in [0, 0.1) is 11.8 Å². The van der Waals surface area contributed by atoms with Gasteiger partial charge in [0.15, 0.2) is 0 Å². The van der Waals surface area contributed by atoms with E-state index >= 15 is 0 Å². The van der Waals surface area contributed by atoms with Gasteiger partial charge in [0.2, 0.25) is 0 Å². The Labute approximate surface area is 165 Å². The Morgan fingerprint density at radius 2 is 2.14 bits per heavy atom. The Morgan fingerprint density at radius 1 is 1.21 bits per heavy atom. The minimum atomic E-state index is 0.169. The zero-order valence-electron chi connectivity index (χ0n) is 16.2. The van der Waals surface area contributed by atoms with Gasteiger partial charge in [0.1, 0.15) is 5.75 Å². The van der Waals surface area contributed by atoms with Crippen molar-refractivity contribution in [3.05, 3.63) is 65.1 Å². The number of hydrogen-bond acceptors (Lipinski definition) is 3. The molecule has 2 aromatic heterocycles. The molecule has 0 amide bonds. The topological polar surface area (TPSA) is 61.8 Å². The molecular formula is C24H25N3O. The van der Waals surface area contributed by atoms with Gasteiger partial charge in [-0.25, -0.2) is 0 Å². The maximum Gasteiger partial charge on any atom is 0.115 e. The number of hydrogen-bond donors (Lipinski definition) is 2. The maximum absolute atomic E-state index is 9.89. The zero-order chi connectivity index (χ0) is 18.9. The molecule has 3 unspecified atom stereocenters. The van der Waals surface area contributed by atoms with E-state index < -0.39 is 0 Å². The third-order valence-electron chi connectivity index (χ3n) is 7.88. The molecule has 0 radical (unpaired) electrons. The molecule has 3 aliphatic carbocycles. The highest BCUT2D eigenvalue weighted by molar-refractivity contribution is 5.65. The van der Waals surface area contributed by atoms with Gasteiger partial charge in [0.25, 0.3) is 0 Å². The predicted octanol–water partition coefficient (Wildman–Crippen LogP) is 4.75. The third kappa shape index (κ3) is 2.12. The predicted molar refractivity (Wildman–Crippen MR) is 108 cm³/mol. The average Bonchev–Trinajstić information content (AvgIpc) is 3.26. The zero-order valence-corrected chi connectivity index (χ0v) is 16.2. The Morgan fingerprint density at radius 3 is 3.00 bits per heavy atom. The van der Waals surface area contributed by atoms with Crippen molar-refractivity contribution in [3.63, 3.8) is 0 Å². The summed E-state index contributed by atoms with van der Waals surface area (Å²) in [4.78, 5) is 4.30. The van der Waals surface area contributed by atoms with Crippen LogP contribution in [0.5, 0.6) is 5.75 Å². The standard InChI is InChI=1S/C24H25N3O/c1-24-9-8-18-17-7-5-16(28)11-14(17)4-6-19(18)21(24)12-20-22(26-27-23(20)24)15-3-2-10-25-13-15/h2-3,5,7,10-11,13,18-19,21,28H,4,6,8-9,12H2,1H3,(H,26,27)/t18?,19?,21?,24-/m0/s1. The highest BCUT2D eigenvalue weighted by atomic mass is 16.3. The Kier molecular flexibility index (Phi) is 3.32. The van der Waals surface area contributed by atoms with E-state index in [9.17, 15) is 5.11 Å². The molecule has 4 atom stereocenters. The fraction of sp³-hybridized carbons (Fsp3) is 0.417. The average molecular weight is 371 g/mol. The first-order chi connectivity index (χ1) is 13.6. The molecule has 0 aliphatic heterocycles. The lowest BCUT2D eigenvalue weighted by molar-refractivity contribution is 0.103. The summed E-state index contributed by atoms with van der Waals surface area (Å²) in [5.41, 5.74) is 8.02. The van der Waals surface area contributed by atoms with Crippen molar-refractivity contribution in [1.29, 1.82) is 0 Å². The molecule has 4 heteroatoms. The highest BCUT2D eigenvalue weighted by Crippen LogP contribution is 2.60. The number of phenols is 1. The van der Waals surface area contributed by atoms with Gasteiger partial charge < -0.3 is 5.11 Å². The fourth-order valence-corrected chi connectivity index (χ4v) is 6.57. The number of aromatic hydroxyl groups is 1. The molecule has 3 aromatic rings. The van der Waals surface area contributed by atoms with Crippen LogP contribution in [-0.2, 0) is 18.3 Å². The molecule has 1 saturated carbocycles. The van der Waals surface area contributed by atoms with Gasteiger partial charge in [-0.15, -0.1) is 0 Å². The summed E-state index contributed by atoms with van der Waals surface area (Å²) in [6.07, 6.45) is 9.57. The Hall–Kier alpha value is -2.62. The van der Waals surface area contributed by atoms with E-state index in [0.717, 1.165) is 24.1 Å². The number of aryl methyl sites for hydroxylation is 1. The van der Waals surface area contributed by atoms with Gasteiger partial charge in [-0.2, -0.15) is 5.10 Å². The summed E-state index contributed by atoms with van der Waals surface area (Å²) < 4.78 is 0. The van der Waals surface area contributed by atoms with Crippen LogP contribution in [0.2, 0.25) is 0 Å². The Bertz CT molecular complexity index is 1060. The van der Waals surface area contributed by atoms with E-state index in [1.54, 1.807) is 0 Å². The second-order valence-corrected chi connectivity index (χ2v) is 9.13. The minimum Gasteiger partial charge on any atom is -0.508 e. The first-order valence-electron chi connectivity index (χ1n) is 10.4. The summed E-state index contributed by atoms with van der Waals surface area (Å²) >= 11 is 0. The summed E-state index contributed by atoms with van der Waals surface area (Å²) in [7, 11) is 0. The SMILES string of the molecule is C[C@]12CCC3c4ccc(O)cc4CCC3C1Cc1c2n[nH]c1-c1cccnc1. The molecule has 2 heterocycles. The molecular weight excluding hydrogens is 346 g/mol. The number of pyridine rings is 1. The van der Waals surface area contributed by atoms with Gasteiger partial charge in [-0.3, -0.25) is 10.1 Å². The van der Waals surface area contributed by atoms with Crippen LogP contribution in [0.1, 0.15) is 54.5 Å². The van der Waals surface area contributed by atoms with Crippen molar-refractivity contribution in [1.82, 2.24) is 15.2 Å². The van der Waals surface area contributed by atoms with Crippen LogP contribution in [-0.4, -0.2) is 20.3 Å². The van der Waals surface area contributed by atoms with Crippen LogP contribution in [0.15, 0.2) is 42.7 Å². The fourth-order valence-electron chi connectivity index (χ4n) is 6.57. The number of phenolic OH excluding ortho intramolecular Hbond substituents is 1. The van der Waals surface area contributed by atoms with E-state index in [2.05, 4.69) is 29.1 Å². The molecule has 2 N–H and O–H groups in total. The van der Waals surface area contributed by atoms with Crippen molar-refractivity contribution < 1.29 is 5.11 Å². The van der Waals surface area contributed by atoms with E-state index in [4.69, 9.17) is 5.10 Å². The second-order valence-electron chi connectivity index (χ2n) is 9.13. The van der Waals surface area contributed by atoms with Crippen LogP contribution >= 0.6 is 0 Å². The first kappa shape index (κ1) is 16.3. The van der Waals surface area contributed by atoms with Gasteiger partial charge in [-0.1, -0.05) is 13.0 Å². The molecule has 0 spiro atoms. The molecule has 142 valence electrons. The third-order valence-corrected chi connectivity index (χ3v) is 7.88. The van der Waals surface area contributed by atoms with Crippen LogP contribution in [0.3, 0.4) is 0 Å². The van der Waals surface area contributed by atoms with Gasteiger partial charge in [0.05, 0.1) is 11.4 Å². The van der Waals surface area contributed by atoms with Crippen LogP contribution in [0.4, 0.5) is 0 Å². The summed E-state index contributed by atoms with van der Waals surface area (Å²) in [6.45, 7) is 2.44. The number of fused-ring (bicyclic) bond motifs is 7. The Balaban J connectivity index is 1.40. The van der Waals surface area contributed by atoms with E-state index in [-0.39, 0.29) is 5.41 Å². The smallest absolute Gasteiger partial charge is 0.115 e. The molecule has 1 fully saturated rings. The van der Waals surface area contributed by atoms with Gasteiger partial charge >= 0.3 is 0 Å². The molecule has 4 nitrogen and oxygen atoms in total. The summed E-state index contributed by atoms with van der Waals surface area (Å²) in [5.74, 6) is 2.37. The van der Waals surface area contributed by atoms with Gasteiger partial charge in [0, 0.05) is 28.9 Å². The number of benzene rings is 1. The highest BCUT2D eigenvalue weighted by Gasteiger charge is 2.54. The van der Waals surface area contributed by atoms with Crippen LogP contribution < -0.4 is 0 Å². The lowest BCUT2D eigenvalue weighted by Crippen LogP contribution is -2.43. The van der Waals surface area contributed by atoms with Crippen LogP contribution in [0.25, 0.3) is 11.3 Å². The van der Waals surface area contributed by atoms with Crippen molar-refractivity contribution in [3.8, 4) is 17.0 Å². The first-order valence-corrected chi connectivity index (χ1v) is 10.4. The van der Waals surface area contributed by atoms with E-state index in [1.165, 1.54) is 41.6 Å². The number of nitrogens with one attached hydrogen (secondary N) is 1. The monoisotopic (exact) mass is 371 g/mol.